The second-order valence-corrected chi connectivity index (χ2v) is 10.4. The predicted octanol–water partition coefficient (Wildman–Crippen LogP) is 1.41. The standard InChI is InChI=1S/C20H27N7O2S/c1-11(2)10-21-13(12-8-6-5-7-9-12)17(28)22-14-18(29)27-15(16-23-25-26-24-16)20(3,4)30-19(14)27/h5-9,11,13-15,19,21H,10H2,1-4H3,(H,22,28)(H,23,24,25,26)/t13?,14?,15?,19-/m0/s1. The minimum atomic E-state index is -0.560. The molecule has 2 aliphatic heterocycles. The van der Waals surface area contributed by atoms with Gasteiger partial charge in [-0.15, -0.1) is 16.9 Å². The van der Waals surface area contributed by atoms with E-state index in [1.807, 2.05) is 30.3 Å². The zero-order valence-corrected chi connectivity index (χ0v) is 18.3. The maximum atomic E-state index is 13.2. The highest BCUT2D eigenvalue weighted by atomic mass is 32.2. The van der Waals surface area contributed by atoms with Gasteiger partial charge in [0, 0.05) is 4.75 Å². The van der Waals surface area contributed by atoms with Crippen LogP contribution in [0.15, 0.2) is 30.3 Å². The molecule has 160 valence electrons. The molecule has 3 unspecified atom stereocenters. The van der Waals surface area contributed by atoms with Crippen LogP contribution in [-0.4, -0.2) is 60.0 Å². The van der Waals surface area contributed by atoms with Crippen molar-refractivity contribution >= 4 is 23.6 Å². The summed E-state index contributed by atoms with van der Waals surface area (Å²) in [5.74, 6) is 0.660. The lowest BCUT2D eigenvalue weighted by Crippen LogP contribution is -2.68. The Morgan fingerprint density at radius 2 is 2.03 bits per heavy atom. The number of tetrazole rings is 1. The summed E-state index contributed by atoms with van der Waals surface area (Å²) in [4.78, 5) is 27.9. The Balaban J connectivity index is 1.50. The van der Waals surface area contributed by atoms with Crippen molar-refractivity contribution in [3.63, 3.8) is 0 Å². The topological polar surface area (TPSA) is 116 Å². The molecule has 1 aromatic carbocycles. The van der Waals surface area contributed by atoms with E-state index in [1.165, 1.54) is 0 Å². The zero-order chi connectivity index (χ0) is 21.5. The predicted molar refractivity (Wildman–Crippen MR) is 113 cm³/mol. The summed E-state index contributed by atoms with van der Waals surface area (Å²) in [5, 5.41) is 20.3. The maximum absolute atomic E-state index is 13.2. The summed E-state index contributed by atoms with van der Waals surface area (Å²) in [6, 6.07) is 8.26. The van der Waals surface area contributed by atoms with Crippen molar-refractivity contribution in [3.8, 4) is 0 Å². The quantitative estimate of drug-likeness (QED) is 0.570. The van der Waals surface area contributed by atoms with Gasteiger partial charge in [-0.05, 0) is 42.3 Å². The first kappa shape index (κ1) is 20.8. The summed E-state index contributed by atoms with van der Waals surface area (Å²) in [5.41, 5.74) is 0.879. The maximum Gasteiger partial charge on any atom is 0.249 e. The average molecular weight is 430 g/mol. The number of hydrogen-bond acceptors (Lipinski definition) is 7. The molecule has 2 aliphatic rings. The second-order valence-electron chi connectivity index (χ2n) is 8.68. The first-order valence-electron chi connectivity index (χ1n) is 10.1. The number of aromatic nitrogens is 4. The van der Waals surface area contributed by atoms with Gasteiger partial charge in [0.15, 0.2) is 5.82 Å². The average Bonchev–Trinajstić information content (AvgIpc) is 3.31. The third-order valence-corrected chi connectivity index (χ3v) is 7.06. The molecule has 2 amide bonds. The molecule has 9 nitrogen and oxygen atoms in total. The molecule has 4 rings (SSSR count). The lowest BCUT2D eigenvalue weighted by molar-refractivity contribution is -0.152. The van der Waals surface area contributed by atoms with Crippen molar-refractivity contribution in [3.05, 3.63) is 41.7 Å². The zero-order valence-electron chi connectivity index (χ0n) is 17.5. The molecule has 2 fully saturated rings. The van der Waals surface area contributed by atoms with E-state index in [1.54, 1.807) is 16.7 Å². The number of aromatic amines is 1. The Bertz CT molecular complexity index is 903. The molecule has 2 saturated heterocycles. The van der Waals surface area contributed by atoms with E-state index in [0.29, 0.717) is 18.3 Å². The van der Waals surface area contributed by atoms with Gasteiger partial charge in [0.1, 0.15) is 23.5 Å². The first-order valence-corrected chi connectivity index (χ1v) is 11.0. The van der Waals surface area contributed by atoms with E-state index >= 15 is 0 Å². The first-order chi connectivity index (χ1) is 14.3. The molecule has 3 heterocycles. The lowest BCUT2D eigenvalue weighted by atomic mass is 9.95. The fourth-order valence-electron chi connectivity index (χ4n) is 4.07. The number of amides is 2. The molecule has 0 radical (unpaired) electrons. The van der Waals surface area contributed by atoms with Crippen LogP contribution in [0.4, 0.5) is 0 Å². The van der Waals surface area contributed by atoms with Gasteiger partial charge in [0.25, 0.3) is 0 Å². The van der Waals surface area contributed by atoms with E-state index in [9.17, 15) is 9.59 Å². The molecule has 1 aromatic heterocycles. The normalized spacial score (nSPS) is 25.7. The number of hydrogen-bond donors (Lipinski definition) is 3. The van der Waals surface area contributed by atoms with Gasteiger partial charge in [0.05, 0.1) is 0 Å². The van der Waals surface area contributed by atoms with E-state index in [-0.39, 0.29) is 28.0 Å². The van der Waals surface area contributed by atoms with E-state index in [4.69, 9.17) is 0 Å². The fraction of sp³-hybridized carbons (Fsp3) is 0.550. The molecule has 0 aliphatic carbocycles. The number of H-pyrrole nitrogens is 1. The van der Waals surface area contributed by atoms with E-state index < -0.39 is 12.1 Å². The summed E-state index contributed by atoms with van der Waals surface area (Å²) < 4.78 is -0.282. The number of benzene rings is 1. The van der Waals surface area contributed by atoms with E-state index in [2.05, 4.69) is 59.0 Å². The minimum absolute atomic E-state index is 0.108. The molecule has 2 aromatic rings. The largest absolute Gasteiger partial charge is 0.340 e. The molecule has 30 heavy (non-hydrogen) atoms. The van der Waals surface area contributed by atoms with Crippen LogP contribution in [0.3, 0.4) is 0 Å². The van der Waals surface area contributed by atoms with Gasteiger partial charge in [-0.1, -0.05) is 44.2 Å². The number of fused-ring (bicyclic) bond motifs is 1. The fourth-order valence-corrected chi connectivity index (χ4v) is 5.71. The van der Waals surface area contributed by atoms with Gasteiger partial charge in [-0.3, -0.25) is 9.59 Å². The molecule has 10 heteroatoms. The molecule has 3 N–H and O–H groups in total. The highest BCUT2D eigenvalue weighted by Crippen LogP contribution is 2.56. The summed E-state index contributed by atoms with van der Waals surface area (Å²) in [7, 11) is 0. The smallest absolute Gasteiger partial charge is 0.249 e. The molecule has 0 bridgehead atoms. The Labute approximate surface area is 179 Å². The molecular formula is C20H27N7O2S. The summed E-state index contributed by atoms with van der Waals surface area (Å²) in [6.07, 6.45) is 0. The van der Waals surface area contributed by atoms with Gasteiger partial charge in [0.2, 0.25) is 11.8 Å². The van der Waals surface area contributed by atoms with Crippen molar-refractivity contribution < 1.29 is 9.59 Å². The number of β-lactam (4-membered cyclic amide) rings is 1. The summed E-state index contributed by atoms with van der Waals surface area (Å²) >= 11 is 1.66. The van der Waals surface area contributed by atoms with Crippen molar-refractivity contribution in [2.24, 2.45) is 5.92 Å². The van der Waals surface area contributed by atoms with Crippen molar-refractivity contribution in [2.45, 2.75) is 55.9 Å². The van der Waals surface area contributed by atoms with Crippen molar-refractivity contribution in [1.82, 2.24) is 36.2 Å². The molecule has 0 saturated carbocycles. The number of nitrogens with zero attached hydrogens (tertiary/aromatic N) is 4. The van der Waals surface area contributed by atoms with Crippen LogP contribution in [0, 0.1) is 5.92 Å². The SMILES string of the molecule is CC(C)CNC(C(=O)NC1C(=O)N2C(c3nnn[nH]3)C(C)(C)S[C@@H]12)c1ccccc1. The highest BCUT2D eigenvalue weighted by Gasteiger charge is 2.63. The number of carbonyl (C=O) groups excluding carboxylic acids is 2. The minimum Gasteiger partial charge on any atom is -0.340 e. The van der Waals surface area contributed by atoms with Gasteiger partial charge >= 0.3 is 0 Å². The van der Waals surface area contributed by atoms with Crippen LogP contribution in [0.1, 0.15) is 51.2 Å². The monoisotopic (exact) mass is 429 g/mol. The molecular weight excluding hydrogens is 402 g/mol. The van der Waals surface area contributed by atoms with Gasteiger partial charge in [-0.25, -0.2) is 5.10 Å². The number of rotatable bonds is 7. The van der Waals surface area contributed by atoms with Crippen LogP contribution in [-0.2, 0) is 9.59 Å². The Morgan fingerprint density at radius 1 is 1.30 bits per heavy atom. The summed E-state index contributed by atoms with van der Waals surface area (Å²) in [6.45, 7) is 9.01. The third kappa shape index (κ3) is 3.69. The number of thioether (sulfide) groups is 1. The van der Waals surface area contributed by atoms with Crippen molar-refractivity contribution in [2.75, 3.05) is 6.54 Å². The molecule has 0 spiro atoms. The number of carbonyl (C=O) groups is 2. The van der Waals surface area contributed by atoms with Gasteiger partial charge in [-0.2, -0.15) is 0 Å². The Kier molecular flexibility index (Phi) is 5.54. The number of nitrogens with one attached hydrogen (secondary N) is 3. The Hall–Kier alpha value is -2.46. The molecule has 4 atom stereocenters. The van der Waals surface area contributed by atoms with E-state index in [0.717, 1.165) is 5.56 Å². The van der Waals surface area contributed by atoms with Crippen LogP contribution in [0.25, 0.3) is 0 Å². The van der Waals surface area contributed by atoms with Crippen LogP contribution >= 0.6 is 11.8 Å². The van der Waals surface area contributed by atoms with Crippen molar-refractivity contribution in [1.29, 1.82) is 0 Å². The highest BCUT2D eigenvalue weighted by molar-refractivity contribution is 8.01. The van der Waals surface area contributed by atoms with Gasteiger partial charge < -0.3 is 15.5 Å². The lowest BCUT2D eigenvalue weighted by Gasteiger charge is -2.44. The third-order valence-electron chi connectivity index (χ3n) is 5.48. The van der Waals surface area contributed by atoms with Crippen LogP contribution in [0.5, 0.6) is 0 Å². The Morgan fingerprint density at radius 3 is 2.67 bits per heavy atom. The van der Waals surface area contributed by atoms with Crippen LogP contribution < -0.4 is 10.6 Å². The van der Waals surface area contributed by atoms with Crippen LogP contribution in [0.2, 0.25) is 0 Å². The second kappa shape index (κ2) is 7.99.